The summed E-state index contributed by atoms with van der Waals surface area (Å²) in [4.78, 5) is 10.2. The van der Waals surface area contributed by atoms with Gasteiger partial charge in [-0.25, -0.2) is 4.98 Å². The second kappa shape index (κ2) is 10.6. The van der Waals surface area contributed by atoms with E-state index in [0.29, 0.717) is 0 Å². The molecule has 0 saturated carbocycles. The Labute approximate surface area is 153 Å². The summed E-state index contributed by atoms with van der Waals surface area (Å²) in [6, 6.07) is 4.07. The van der Waals surface area contributed by atoms with Crippen LogP contribution in [0.4, 0.5) is 0 Å². The molecule has 0 saturated heterocycles. The molecular weight excluding hydrogens is 409 g/mol. The summed E-state index contributed by atoms with van der Waals surface area (Å²) in [5.74, 6) is 0.873. The highest BCUT2D eigenvalue weighted by Gasteiger charge is 2.00. The largest absolute Gasteiger partial charge is 0.357 e. The summed E-state index contributed by atoms with van der Waals surface area (Å²) in [6.45, 7) is 7.57. The van der Waals surface area contributed by atoms with Crippen LogP contribution in [-0.2, 0) is 13.0 Å². The van der Waals surface area contributed by atoms with Gasteiger partial charge in [0, 0.05) is 56.1 Å². The van der Waals surface area contributed by atoms with Crippen molar-refractivity contribution < 1.29 is 0 Å². The van der Waals surface area contributed by atoms with Crippen LogP contribution in [0.2, 0.25) is 0 Å². The lowest BCUT2D eigenvalue weighted by Gasteiger charge is -2.11. The first-order chi connectivity index (χ1) is 10.3. The third kappa shape index (κ3) is 6.78. The number of rotatable bonds is 7. The molecule has 0 unspecified atom stereocenters. The van der Waals surface area contributed by atoms with E-state index in [9.17, 15) is 0 Å². The van der Waals surface area contributed by atoms with Crippen LogP contribution in [-0.4, -0.2) is 35.1 Å². The molecule has 22 heavy (non-hydrogen) atoms. The van der Waals surface area contributed by atoms with E-state index in [1.165, 1.54) is 4.88 Å². The molecule has 0 atom stereocenters. The molecule has 0 amide bonds. The van der Waals surface area contributed by atoms with Gasteiger partial charge in [-0.2, -0.15) is 0 Å². The lowest BCUT2D eigenvalue weighted by molar-refractivity contribution is 0.665. The van der Waals surface area contributed by atoms with Gasteiger partial charge in [0.2, 0.25) is 0 Å². The monoisotopic (exact) mass is 433 g/mol. The Balaban J connectivity index is 0.00000242. The molecule has 2 N–H and O–H groups in total. The average Bonchev–Trinajstić information content (AvgIpc) is 3.11. The Hall–Kier alpha value is -1.09. The molecule has 5 nitrogen and oxygen atoms in total. The predicted octanol–water partition coefficient (Wildman–Crippen LogP) is 2.67. The molecule has 122 valence electrons. The first-order valence-corrected chi connectivity index (χ1v) is 8.14. The maximum absolute atomic E-state index is 4.59. The second-order valence-corrected chi connectivity index (χ2v) is 6.04. The second-order valence-electron chi connectivity index (χ2n) is 4.72. The topological polar surface area (TPSA) is 54.2 Å². The minimum Gasteiger partial charge on any atom is -0.357 e. The third-order valence-electron chi connectivity index (χ3n) is 2.94. The number of nitrogens with zero attached hydrogens (tertiary/aromatic N) is 3. The van der Waals surface area contributed by atoms with Crippen LogP contribution in [0.5, 0.6) is 0 Å². The van der Waals surface area contributed by atoms with Gasteiger partial charge in [0.25, 0.3) is 0 Å². The molecule has 2 aromatic heterocycles. The molecule has 0 aliphatic carbocycles. The van der Waals surface area contributed by atoms with Crippen molar-refractivity contribution in [1.82, 2.24) is 20.2 Å². The summed E-state index contributed by atoms with van der Waals surface area (Å²) < 4.78 is 2.15. The van der Waals surface area contributed by atoms with Crippen LogP contribution in [0, 0.1) is 6.92 Å². The number of nitrogens with one attached hydrogen (secondary N) is 2. The first kappa shape index (κ1) is 19.0. The molecule has 0 bridgehead atoms. The van der Waals surface area contributed by atoms with Crippen molar-refractivity contribution in [2.24, 2.45) is 4.99 Å². The molecule has 7 heteroatoms. The quantitative estimate of drug-likeness (QED) is 0.401. The van der Waals surface area contributed by atoms with E-state index >= 15 is 0 Å². The number of aromatic nitrogens is 2. The zero-order chi connectivity index (χ0) is 14.9. The molecule has 0 aromatic carbocycles. The molecule has 2 aromatic rings. The highest BCUT2D eigenvalue weighted by atomic mass is 127. The highest BCUT2D eigenvalue weighted by Crippen LogP contribution is 2.11. The normalized spacial score (nSPS) is 11.1. The van der Waals surface area contributed by atoms with Gasteiger partial charge in [-0.05, 0) is 26.0 Å². The summed E-state index contributed by atoms with van der Waals surface area (Å²) in [5, 5.41) is 7.77. The number of thiazole rings is 1. The molecule has 0 aliphatic rings. The minimum atomic E-state index is 0. The van der Waals surface area contributed by atoms with Crippen molar-refractivity contribution >= 4 is 41.3 Å². The van der Waals surface area contributed by atoms with Gasteiger partial charge < -0.3 is 15.2 Å². The number of hydrogen-bond acceptors (Lipinski definition) is 3. The SMILES string of the molecule is CCNC(=NCCc1ncc(C)s1)NCCn1cccc1.I. The Bertz CT molecular complexity index is 550. The summed E-state index contributed by atoms with van der Waals surface area (Å²) in [6.07, 6.45) is 6.95. The van der Waals surface area contributed by atoms with Gasteiger partial charge in [0.15, 0.2) is 5.96 Å². The van der Waals surface area contributed by atoms with Crippen molar-refractivity contribution in [3.05, 3.63) is 40.6 Å². The molecule has 2 heterocycles. The number of aliphatic imine (C=N–C) groups is 1. The standard InChI is InChI=1S/C15H23N5S.HI/c1-3-16-15(18-8-11-20-9-4-5-10-20)17-7-6-14-19-12-13(2)21-14;/h4-5,9-10,12H,3,6-8,11H2,1-2H3,(H2,16,17,18);1H. The molecule has 0 fully saturated rings. The summed E-state index contributed by atoms with van der Waals surface area (Å²) in [7, 11) is 0. The van der Waals surface area contributed by atoms with E-state index in [4.69, 9.17) is 0 Å². The zero-order valence-corrected chi connectivity index (χ0v) is 16.2. The fourth-order valence-electron chi connectivity index (χ4n) is 1.94. The minimum absolute atomic E-state index is 0. The average molecular weight is 433 g/mol. The van der Waals surface area contributed by atoms with Gasteiger partial charge >= 0.3 is 0 Å². The van der Waals surface area contributed by atoms with Crippen LogP contribution in [0.3, 0.4) is 0 Å². The predicted molar refractivity (Wildman–Crippen MR) is 104 cm³/mol. The van der Waals surface area contributed by atoms with E-state index < -0.39 is 0 Å². The van der Waals surface area contributed by atoms with Gasteiger partial charge in [0.05, 0.1) is 5.01 Å². The summed E-state index contributed by atoms with van der Waals surface area (Å²) in [5.41, 5.74) is 0. The van der Waals surface area contributed by atoms with Crippen molar-refractivity contribution in [3.63, 3.8) is 0 Å². The third-order valence-corrected chi connectivity index (χ3v) is 3.91. The van der Waals surface area contributed by atoms with E-state index in [1.54, 1.807) is 11.3 Å². The number of guanidine groups is 1. The number of hydrogen-bond donors (Lipinski definition) is 2. The molecule has 0 aliphatic heterocycles. The van der Waals surface area contributed by atoms with E-state index in [-0.39, 0.29) is 24.0 Å². The van der Waals surface area contributed by atoms with Crippen molar-refractivity contribution in [3.8, 4) is 0 Å². The Morgan fingerprint density at radius 1 is 1.32 bits per heavy atom. The van der Waals surface area contributed by atoms with Crippen molar-refractivity contribution in [2.75, 3.05) is 19.6 Å². The van der Waals surface area contributed by atoms with E-state index in [1.807, 2.05) is 18.3 Å². The molecule has 2 rings (SSSR count). The zero-order valence-electron chi connectivity index (χ0n) is 13.1. The Morgan fingerprint density at radius 3 is 2.73 bits per heavy atom. The van der Waals surface area contributed by atoms with Crippen LogP contribution in [0.25, 0.3) is 0 Å². The lowest BCUT2D eigenvalue weighted by Crippen LogP contribution is -2.39. The van der Waals surface area contributed by atoms with Crippen LogP contribution in [0.1, 0.15) is 16.8 Å². The van der Waals surface area contributed by atoms with Crippen LogP contribution in [0.15, 0.2) is 35.7 Å². The Kier molecular flexibility index (Phi) is 9.14. The van der Waals surface area contributed by atoms with Crippen molar-refractivity contribution in [1.29, 1.82) is 0 Å². The smallest absolute Gasteiger partial charge is 0.191 e. The van der Waals surface area contributed by atoms with Crippen molar-refractivity contribution in [2.45, 2.75) is 26.8 Å². The molecular formula is C15H24IN5S. The van der Waals surface area contributed by atoms with Crippen LogP contribution >= 0.6 is 35.3 Å². The lowest BCUT2D eigenvalue weighted by atomic mass is 10.4. The summed E-state index contributed by atoms with van der Waals surface area (Å²) >= 11 is 1.74. The maximum Gasteiger partial charge on any atom is 0.191 e. The van der Waals surface area contributed by atoms with Gasteiger partial charge in [-0.1, -0.05) is 0 Å². The first-order valence-electron chi connectivity index (χ1n) is 7.32. The number of aryl methyl sites for hydroxylation is 1. The fraction of sp³-hybridized carbons (Fsp3) is 0.467. The number of halogens is 1. The molecule has 0 spiro atoms. The van der Waals surface area contributed by atoms with E-state index in [2.05, 4.69) is 51.4 Å². The highest BCUT2D eigenvalue weighted by molar-refractivity contribution is 14.0. The van der Waals surface area contributed by atoms with Gasteiger partial charge in [0.1, 0.15) is 0 Å². The fourth-order valence-corrected chi connectivity index (χ4v) is 2.72. The van der Waals surface area contributed by atoms with E-state index in [0.717, 1.165) is 43.6 Å². The van der Waals surface area contributed by atoms with Crippen LogP contribution < -0.4 is 10.6 Å². The Morgan fingerprint density at radius 2 is 2.09 bits per heavy atom. The van der Waals surface area contributed by atoms with Gasteiger partial charge in [-0.15, -0.1) is 35.3 Å². The maximum atomic E-state index is 4.59. The van der Waals surface area contributed by atoms with Gasteiger partial charge in [-0.3, -0.25) is 4.99 Å². The molecule has 0 radical (unpaired) electrons.